The lowest BCUT2D eigenvalue weighted by molar-refractivity contribution is -0.00377. The fraction of sp³-hybridized carbons (Fsp3) is 0.700. The van der Waals surface area contributed by atoms with Crippen LogP contribution in [0, 0.1) is 5.92 Å². The van der Waals surface area contributed by atoms with Gasteiger partial charge in [0.1, 0.15) is 0 Å². The number of hydrogen-bond acceptors (Lipinski definition) is 2. The highest BCUT2D eigenvalue weighted by Gasteiger charge is 2.43. The van der Waals surface area contributed by atoms with Gasteiger partial charge >= 0.3 is 0 Å². The summed E-state index contributed by atoms with van der Waals surface area (Å²) >= 11 is 12.9. The van der Waals surface area contributed by atoms with E-state index < -0.39 is 0 Å². The number of halogens is 2. The van der Waals surface area contributed by atoms with Crippen LogP contribution in [0.5, 0.6) is 0 Å². The summed E-state index contributed by atoms with van der Waals surface area (Å²) in [5, 5.41) is 1.64. The molecule has 0 bridgehead atoms. The van der Waals surface area contributed by atoms with Gasteiger partial charge in [0.2, 0.25) is 0 Å². The number of fused-ring (bicyclic) bond motifs is 1. The van der Waals surface area contributed by atoms with Gasteiger partial charge in [0.05, 0.1) is 0 Å². The Hall–Kier alpha value is -0.280. The lowest BCUT2D eigenvalue weighted by Crippen LogP contribution is -2.59. The van der Waals surface area contributed by atoms with Gasteiger partial charge in [0.15, 0.2) is 0 Å². The topological polar surface area (TPSA) is 6.48 Å². The summed E-state index contributed by atoms with van der Waals surface area (Å²) in [6.45, 7) is 4.56. The molecule has 3 aliphatic rings. The van der Waals surface area contributed by atoms with Gasteiger partial charge in [-0.05, 0) is 50.3 Å². The normalized spacial score (nSPS) is 29.8. The molecule has 2 heterocycles. The number of piperazine rings is 1. The minimum Gasteiger partial charge on any atom is -0.298 e. The molecule has 0 radical (unpaired) electrons. The molecule has 2 nitrogen and oxygen atoms in total. The number of hydrogen-bond donors (Lipinski definition) is 0. The largest absolute Gasteiger partial charge is 0.298 e. The molecule has 2 saturated heterocycles. The molecule has 1 saturated carbocycles. The Labute approximate surface area is 156 Å². The summed E-state index contributed by atoms with van der Waals surface area (Å²) < 4.78 is 0. The molecule has 0 unspecified atom stereocenters. The highest BCUT2D eigenvalue weighted by molar-refractivity contribution is 6.35. The first-order valence-electron chi connectivity index (χ1n) is 9.65. The van der Waals surface area contributed by atoms with Gasteiger partial charge in [-0.25, -0.2) is 0 Å². The van der Waals surface area contributed by atoms with Crippen LogP contribution < -0.4 is 0 Å². The van der Waals surface area contributed by atoms with E-state index >= 15 is 0 Å². The smallest absolute Gasteiger partial charge is 0.0465 e. The third-order valence-electron chi connectivity index (χ3n) is 6.46. The van der Waals surface area contributed by atoms with Crippen LogP contribution in [0.4, 0.5) is 0 Å². The first-order chi connectivity index (χ1) is 11.7. The van der Waals surface area contributed by atoms with E-state index in [-0.39, 0.29) is 0 Å². The van der Waals surface area contributed by atoms with Crippen molar-refractivity contribution in [2.24, 2.45) is 5.92 Å². The van der Waals surface area contributed by atoms with E-state index in [1.54, 1.807) is 0 Å². The summed E-state index contributed by atoms with van der Waals surface area (Å²) in [6, 6.07) is 7.34. The fourth-order valence-corrected chi connectivity index (χ4v) is 5.84. The highest BCUT2D eigenvalue weighted by atomic mass is 35.5. The molecular formula is C20H28Cl2N2. The SMILES string of the molecule is Clc1cccc(Cl)c1CN1CCN2CCC[C@@H]2[C@H]1C1CCCCC1. The monoisotopic (exact) mass is 366 g/mol. The van der Waals surface area contributed by atoms with Gasteiger partial charge in [-0.2, -0.15) is 0 Å². The first kappa shape index (κ1) is 17.1. The molecule has 0 aromatic heterocycles. The molecule has 0 N–H and O–H groups in total. The highest BCUT2D eigenvalue weighted by Crippen LogP contribution is 2.39. The average Bonchev–Trinajstić information content (AvgIpc) is 3.07. The van der Waals surface area contributed by atoms with Crippen molar-refractivity contribution in [1.82, 2.24) is 9.80 Å². The van der Waals surface area contributed by atoms with Crippen molar-refractivity contribution in [2.45, 2.75) is 63.6 Å². The van der Waals surface area contributed by atoms with Crippen molar-refractivity contribution in [3.05, 3.63) is 33.8 Å². The molecule has 2 aliphatic heterocycles. The standard InChI is InChI=1S/C20H28Cl2N2/c21-17-8-4-9-18(22)16(17)14-24-13-12-23-11-5-10-19(23)20(24)15-6-2-1-3-7-15/h4,8-9,15,19-20H,1-3,5-7,10-14H2/t19-,20-/m1/s1. The second kappa shape index (κ2) is 7.53. The van der Waals surface area contributed by atoms with Crippen molar-refractivity contribution in [3.8, 4) is 0 Å². The minimum absolute atomic E-state index is 0.689. The molecule has 132 valence electrons. The van der Waals surface area contributed by atoms with Crippen LogP contribution in [0.1, 0.15) is 50.5 Å². The molecule has 1 aliphatic carbocycles. The van der Waals surface area contributed by atoms with Crippen LogP contribution in [0.2, 0.25) is 10.0 Å². The molecule has 4 heteroatoms. The van der Waals surface area contributed by atoms with E-state index in [1.807, 2.05) is 18.2 Å². The Morgan fingerprint density at radius 3 is 2.38 bits per heavy atom. The summed E-state index contributed by atoms with van der Waals surface area (Å²) in [4.78, 5) is 5.47. The van der Waals surface area contributed by atoms with E-state index in [2.05, 4.69) is 9.80 Å². The Balaban J connectivity index is 1.59. The van der Waals surface area contributed by atoms with Crippen LogP contribution in [-0.4, -0.2) is 41.5 Å². The number of rotatable bonds is 3. The lowest BCUT2D eigenvalue weighted by Gasteiger charge is -2.49. The maximum Gasteiger partial charge on any atom is 0.0465 e. The minimum atomic E-state index is 0.689. The molecule has 4 rings (SSSR count). The third-order valence-corrected chi connectivity index (χ3v) is 7.17. The number of benzene rings is 1. The Morgan fingerprint density at radius 2 is 1.62 bits per heavy atom. The molecule has 3 fully saturated rings. The molecule has 0 amide bonds. The maximum atomic E-state index is 6.47. The predicted octanol–water partition coefficient (Wildman–Crippen LogP) is 5.22. The van der Waals surface area contributed by atoms with Gasteiger partial charge in [0.25, 0.3) is 0 Å². The van der Waals surface area contributed by atoms with Gasteiger partial charge in [-0.3, -0.25) is 9.80 Å². The van der Waals surface area contributed by atoms with Crippen LogP contribution in [0.3, 0.4) is 0 Å². The summed E-state index contributed by atoms with van der Waals surface area (Å²) in [7, 11) is 0. The van der Waals surface area contributed by atoms with Crippen molar-refractivity contribution in [1.29, 1.82) is 0 Å². The molecule has 0 spiro atoms. The molecule has 1 aromatic rings. The lowest BCUT2D eigenvalue weighted by atomic mass is 9.78. The van der Waals surface area contributed by atoms with E-state index in [1.165, 1.54) is 58.0 Å². The summed E-state index contributed by atoms with van der Waals surface area (Å²) in [5.41, 5.74) is 1.12. The molecular weight excluding hydrogens is 339 g/mol. The van der Waals surface area contributed by atoms with E-state index in [4.69, 9.17) is 23.2 Å². The average molecular weight is 367 g/mol. The van der Waals surface area contributed by atoms with Gasteiger partial charge in [-0.15, -0.1) is 0 Å². The number of nitrogens with zero attached hydrogens (tertiary/aromatic N) is 2. The van der Waals surface area contributed by atoms with Gasteiger partial charge in [0, 0.05) is 47.3 Å². The van der Waals surface area contributed by atoms with E-state index in [9.17, 15) is 0 Å². The van der Waals surface area contributed by atoms with Crippen molar-refractivity contribution < 1.29 is 0 Å². The summed E-state index contributed by atoms with van der Waals surface area (Å²) in [6.07, 6.45) is 9.79. The third kappa shape index (κ3) is 3.35. The van der Waals surface area contributed by atoms with Crippen LogP contribution in [0.25, 0.3) is 0 Å². The van der Waals surface area contributed by atoms with Crippen molar-refractivity contribution in [3.63, 3.8) is 0 Å². The molecule has 2 atom stereocenters. The quantitative estimate of drug-likeness (QED) is 0.723. The second-order valence-electron chi connectivity index (χ2n) is 7.80. The Morgan fingerprint density at radius 1 is 0.875 bits per heavy atom. The Kier molecular flexibility index (Phi) is 5.38. The molecule has 24 heavy (non-hydrogen) atoms. The van der Waals surface area contributed by atoms with Gasteiger partial charge < -0.3 is 0 Å². The Bertz CT molecular complexity index is 551. The zero-order valence-electron chi connectivity index (χ0n) is 14.4. The summed E-state index contributed by atoms with van der Waals surface area (Å²) in [5.74, 6) is 0.853. The fourth-order valence-electron chi connectivity index (χ4n) is 5.32. The van der Waals surface area contributed by atoms with Crippen LogP contribution >= 0.6 is 23.2 Å². The van der Waals surface area contributed by atoms with E-state index in [0.717, 1.165) is 40.7 Å². The van der Waals surface area contributed by atoms with Crippen LogP contribution in [0.15, 0.2) is 18.2 Å². The first-order valence-corrected chi connectivity index (χ1v) is 10.4. The molecule has 1 aromatic carbocycles. The second-order valence-corrected chi connectivity index (χ2v) is 8.62. The maximum absolute atomic E-state index is 6.47. The zero-order chi connectivity index (χ0) is 16.5. The van der Waals surface area contributed by atoms with Gasteiger partial charge in [-0.1, -0.05) is 48.5 Å². The predicted molar refractivity (Wildman–Crippen MR) is 102 cm³/mol. The van der Waals surface area contributed by atoms with Crippen molar-refractivity contribution >= 4 is 23.2 Å². The van der Waals surface area contributed by atoms with Crippen LogP contribution in [-0.2, 0) is 6.54 Å². The van der Waals surface area contributed by atoms with Crippen molar-refractivity contribution in [2.75, 3.05) is 19.6 Å². The van der Waals surface area contributed by atoms with E-state index in [0.29, 0.717) is 6.04 Å². The zero-order valence-corrected chi connectivity index (χ0v) is 15.9.